The maximum atomic E-state index is 12.4. The number of hydrogen-bond donors (Lipinski definition) is 2. The minimum atomic E-state index is -0.167. The van der Waals surface area contributed by atoms with Gasteiger partial charge in [0.2, 0.25) is 5.91 Å². The third kappa shape index (κ3) is 5.08. The zero-order valence-electron chi connectivity index (χ0n) is 15.8. The standard InChI is InChI=1S/C23H26N2O2/c1-3-17(2)18-11-13-20(14-12-18)25-22(26)16-24-23(21-10-7-15-27-21)19-8-5-4-6-9-19/h4-15,17,23-24H,3,16H2,1-2H3,(H,25,26)/t17-,23-/m0/s1. The summed E-state index contributed by atoms with van der Waals surface area (Å²) in [6, 6.07) is 21.6. The van der Waals surface area contributed by atoms with E-state index in [1.165, 1.54) is 5.56 Å². The van der Waals surface area contributed by atoms with Gasteiger partial charge in [0.1, 0.15) is 5.76 Å². The average Bonchev–Trinajstić information content (AvgIpc) is 3.23. The molecule has 0 radical (unpaired) electrons. The summed E-state index contributed by atoms with van der Waals surface area (Å²) in [5.41, 5.74) is 3.15. The van der Waals surface area contributed by atoms with Gasteiger partial charge >= 0.3 is 0 Å². The summed E-state index contributed by atoms with van der Waals surface area (Å²) in [6.07, 6.45) is 2.75. The summed E-state index contributed by atoms with van der Waals surface area (Å²) in [5, 5.41) is 6.24. The molecule has 0 bridgehead atoms. The van der Waals surface area contributed by atoms with E-state index >= 15 is 0 Å². The van der Waals surface area contributed by atoms with Crippen molar-refractivity contribution in [3.8, 4) is 0 Å². The molecule has 0 spiro atoms. The van der Waals surface area contributed by atoms with Crippen molar-refractivity contribution in [1.82, 2.24) is 5.32 Å². The molecule has 1 aromatic heterocycles. The number of amides is 1. The highest BCUT2D eigenvalue weighted by Gasteiger charge is 2.17. The zero-order valence-corrected chi connectivity index (χ0v) is 15.8. The molecule has 2 atom stereocenters. The fourth-order valence-corrected chi connectivity index (χ4v) is 3.01. The molecule has 4 nitrogen and oxygen atoms in total. The number of anilines is 1. The van der Waals surface area contributed by atoms with Crippen molar-refractivity contribution in [3.05, 3.63) is 89.9 Å². The highest BCUT2D eigenvalue weighted by molar-refractivity contribution is 5.92. The largest absolute Gasteiger partial charge is 0.467 e. The van der Waals surface area contributed by atoms with Gasteiger partial charge in [-0.2, -0.15) is 0 Å². The van der Waals surface area contributed by atoms with Gasteiger partial charge in [0.05, 0.1) is 18.8 Å². The van der Waals surface area contributed by atoms with Crippen LogP contribution in [0.2, 0.25) is 0 Å². The maximum Gasteiger partial charge on any atom is 0.238 e. The molecule has 0 saturated heterocycles. The molecule has 3 rings (SSSR count). The van der Waals surface area contributed by atoms with Crippen LogP contribution in [0.4, 0.5) is 5.69 Å². The van der Waals surface area contributed by atoms with Crippen molar-refractivity contribution in [1.29, 1.82) is 0 Å². The Balaban J connectivity index is 1.61. The van der Waals surface area contributed by atoms with Gasteiger partial charge in [0.15, 0.2) is 0 Å². The van der Waals surface area contributed by atoms with Crippen molar-refractivity contribution >= 4 is 11.6 Å². The van der Waals surface area contributed by atoms with Crippen LogP contribution in [0.5, 0.6) is 0 Å². The van der Waals surface area contributed by atoms with Crippen molar-refractivity contribution < 1.29 is 9.21 Å². The Morgan fingerprint density at radius 1 is 0.963 bits per heavy atom. The Morgan fingerprint density at radius 2 is 1.70 bits per heavy atom. The number of furan rings is 1. The van der Waals surface area contributed by atoms with E-state index in [-0.39, 0.29) is 18.5 Å². The lowest BCUT2D eigenvalue weighted by Crippen LogP contribution is -2.31. The first-order valence-corrected chi connectivity index (χ1v) is 9.39. The molecule has 140 valence electrons. The zero-order chi connectivity index (χ0) is 19.1. The molecule has 0 unspecified atom stereocenters. The van der Waals surface area contributed by atoms with Gasteiger partial charge in [0, 0.05) is 5.69 Å². The smallest absolute Gasteiger partial charge is 0.238 e. The van der Waals surface area contributed by atoms with Gasteiger partial charge in [0.25, 0.3) is 0 Å². The second-order valence-electron chi connectivity index (χ2n) is 6.72. The molecule has 27 heavy (non-hydrogen) atoms. The molecule has 0 aliphatic carbocycles. The van der Waals surface area contributed by atoms with E-state index in [2.05, 4.69) is 36.6 Å². The minimum Gasteiger partial charge on any atom is -0.467 e. The van der Waals surface area contributed by atoms with Gasteiger partial charge in [-0.15, -0.1) is 0 Å². The predicted molar refractivity (Wildman–Crippen MR) is 109 cm³/mol. The van der Waals surface area contributed by atoms with E-state index < -0.39 is 0 Å². The second kappa shape index (κ2) is 9.19. The molecule has 0 fully saturated rings. The number of hydrogen-bond acceptors (Lipinski definition) is 3. The summed E-state index contributed by atoms with van der Waals surface area (Å²) in [7, 11) is 0. The summed E-state index contributed by atoms with van der Waals surface area (Å²) < 4.78 is 5.55. The van der Waals surface area contributed by atoms with E-state index in [1.54, 1.807) is 6.26 Å². The lowest BCUT2D eigenvalue weighted by atomic mass is 9.99. The van der Waals surface area contributed by atoms with Crippen LogP contribution in [0.15, 0.2) is 77.4 Å². The van der Waals surface area contributed by atoms with E-state index in [1.807, 2.05) is 54.6 Å². The first kappa shape index (κ1) is 18.9. The molecule has 4 heteroatoms. The fraction of sp³-hybridized carbons (Fsp3) is 0.261. The first-order valence-electron chi connectivity index (χ1n) is 9.39. The molecule has 3 aromatic rings. The highest BCUT2D eigenvalue weighted by Crippen LogP contribution is 2.22. The summed E-state index contributed by atoms with van der Waals surface area (Å²) >= 11 is 0. The van der Waals surface area contributed by atoms with Gasteiger partial charge in [-0.05, 0) is 47.7 Å². The molecule has 2 N–H and O–H groups in total. The fourth-order valence-electron chi connectivity index (χ4n) is 3.01. The summed E-state index contributed by atoms with van der Waals surface area (Å²) in [5.74, 6) is 1.22. The summed E-state index contributed by atoms with van der Waals surface area (Å²) in [6.45, 7) is 4.57. The molecular formula is C23H26N2O2. The van der Waals surface area contributed by atoms with Crippen molar-refractivity contribution in [2.75, 3.05) is 11.9 Å². The van der Waals surface area contributed by atoms with Crippen LogP contribution in [-0.2, 0) is 4.79 Å². The van der Waals surface area contributed by atoms with Crippen molar-refractivity contribution in [2.45, 2.75) is 32.2 Å². The lowest BCUT2D eigenvalue weighted by molar-refractivity contribution is -0.115. The van der Waals surface area contributed by atoms with E-state index in [0.717, 1.165) is 23.4 Å². The monoisotopic (exact) mass is 362 g/mol. The van der Waals surface area contributed by atoms with E-state index in [0.29, 0.717) is 5.92 Å². The van der Waals surface area contributed by atoms with Gasteiger partial charge in [-0.3, -0.25) is 10.1 Å². The van der Waals surface area contributed by atoms with Gasteiger partial charge < -0.3 is 9.73 Å². The third-order valence-electron chi connectivity index (χ3n) is 4.80. The number of benzene rings is 2. The van der Waals surface area contributed by atoms with Crippen molar-refractivity contribution in [3.63, 3.8) is 0 Å². The van der Waals surface area contributed by atoms with Crippen LogP contribution < -0.4 is 10.6 Å². The van der Waals surface area contributed by atoms with E-state index in [4.69, 9.17) is 4.42 Å². The molecule has 0 aliphatic heterocycles. The number of rotatable bonds is 8. The summed E-state index contributed by atoms with van der Waals surface area (Å²) in [4.78, 5) is 12.4. The quantitative estimate of drug-likeness (QED) is 0.585. The third-order valence-corrected chi connectivity index (χ3v) is 4.80. The van der Waals surface area contributed by atoms with Crippen LogP contribution in [0.3, 0.4) is 0 Å². The van der Waals surface area contributed by atoms with Gasteiger partial charge in [-0.25, -0.2) is 0 Å². The Kier molecular flexibility index (Phi) is 6.44. The van der Waals surface area contributed by atoms with Gasteiger partial charge in [-0.1, -0.05) is 56.3 Å². The first-order chi connectivity index (χ1) is 13.2. The normalized spacial score (nSPS) is 13.1. The molecule has 0 saturated carbocycles. The second-order valence-corrected chi connectivity index (χ2v) is 6.72. The van der Waals surface area contributed by atoms with Crippen LogP contribution in [0.25, 0.3) is 0 Å². The molecular weight excluding hydrogens is 336 g/mol. The van der Waals surface area contributed by atoms with Crippen LogP contribution in [-0.4, -0.2) is 12.5 Å². The lowest BCUT2D eigenvalue weighted by Gasteiger charge is -2.17. The number of nitrogens with one attached hydrogen (secondary N) is 2. The Hall–Kier alpha value is -2.85. The topological polar surface area (TPSA) is 54.3 Å². The van der Waals surface area contributed by atoms with Crippen LogP contribution >= 0.6 is 0 Å². The number of carbonyl (C=O) groups is 1. The predicted octanol–water partition coefficient (Wildman–Crippen LogP) is 5.11. The van der Waals surface area contributed by atoms with Crippen LogP contribution in [0, 0.1) is 0 Å². The van der Waals surface area contributed by atoms with Crippen molar-refractivity contribution in [2.24, 2.45) is 0 Å². The highest BCUT2D eigenvalue weighted by atomic mass is 16.3. The minimum absolute atomic E-state index is 0.0845. The Labute approximate surface area is 160 Å². The molecule has 1 heterocycles. The Morgan fingerprint density at radius 3 is 2.33 bits per heavy atom. The average molecular weight is 362 g/mol. The molecule has 0 aliphatic rings. The maximum absolute atomic E-state index is 12.4. The molecule has 1 amide bonds. The SMILES string of the molecule is CC[C@H](C)c1ccc(NC(=O)CN[C@@H](c2ccccc2)c2ccco2)cc1. The number of carbonyl (C=O) groups excluding carboxylic acids is 1. The van der Waals surface area contributed by atoms with Crippen LogP contribution in [0.1, 0.15) is 49.1 Å². The Bertz CT molecular complexity index is 827. The van der Waals surface area contributed by atoms with E-state index in [9.17, 15) is 4.79 Å². The molecule has 2 aromatic carbocycles.